The molecular weight excluding hydrogens is 148 g/mol. The highest BCUT2D eigenvalue weighted by Gasteiger charge is 2.10. The standard InChI is InChI=1S/C11H20O/c1-10(2)12-11-8-6-4-3-5-7-9-11/h3-4,10-11H,5-9H2,1-2H3. The smallest absolute Gasteiger partial charge is 0.0581 e. The quantitative estimate of drug-likeness (QED) is 0.575. The van der Waals surface area contributed by atoms with Crippen molar-refractivity contribution < 1.29 is 4.74 Å². The lowest BCUT2D eigenvalue weighted by molar-refractivity contribution is -0.00213. The number of hydrogen-bond donors (Lipinski definition) is 0. The van der Waals surface area contributed by atoms with Crippen LogP contribution in [0.3, 0.4) is 0 Å². The van der Waals surface area contributed by atoms with Gasteiger partial charge in [0.15, 0.2) is 0 Å². The van der Waals surface area contributed by atoms with E-state index in [9.17, 15) is 0 Å². The lowest BCUT2D eigenvalue weighted by Crippen LogP contribution is -2.18. The number of hydrogen-bond acceptors (Lipinski definition) is 1. The van der Waals surface area contributed by atoms with Crippen LogP contribution in [0.4, 0.5) is 0 Å². The van der Waals surface area contributed by atoms with Crippen LogP contribution >= 0.6 is 0 Å². The Hall–Kier alpha value is -0.300. The zero-order valence-electron chi connectivity index (χ0n) is 8.25. The summed E-state index contributed by atoms with van der Waals surface area (Å²) in [7, 11) is 0. The van der Waals surface area contributed by atoms with Crippen LogP contribution in [0.2, 0.25) is 0 Å². The van der Waals surface area contributed by atoms with Crippen LogP contribution in [0, 0.1) is 0 Å². The van der Waals surface area contributed by atoms with Crippen molar-refractivity contribution in [3.05, 3.63) is 12.2 Å². The largest absolute Gasteiger partial charge is 0.376 e. The zero-order valence-corrected chi connectivity index (χ0v) is 8.25. The van der Waals surface area contributed by atoms with Gasteiger partial charge >= 0.3 is 0 Å². The molecule has 0 N–H and O–H groups in total. The molecule has 0 saturated carbocycles. The van der Waals surface area contributed by atoms with Gasteiger partial charge in [-0.1, -0.05) is 12.2 Å². The maximum absolute atomic E-state index is 5.79. The molecule has 70 valence electrons. The van der Waals surface area contributed by atoms with Crippen molar-refractivity contribution in [1.82, 2.24) is 0 Å². The average Bonchev–Trinajstić information content (AvgIpc) is 1.93. The van der Waals surface area contributed by atoms with Gasteiger partial charge in [-0.2, -0.15) is 0 Å². The Balaban J connectivity index is 2.27. The number of allylic oxidation sites excluding steroid dienone is 2. The summed E-state index contributed by atoms with van der Waals surface area (Å²) in [4.78, 5) is 0. The molecule has 1 unspecified atom stereocenters. The molecule has 0 aliphatic heterocycles. The second-order valence-corrected chi connectivity index (χ2v) is 3.79. The normalized spacial score (nSPS) is 25.4. The van der Waals surface area contributed by atoms with E-state index in [1.807, 2.05) is 0 Å². The maximum atomic E-state index is 5.79. The highest BCUT2D eigenvalue weighted by molar-refractivity contribution is 4.85. The van der Waals surface area contributed by atoms with Crippen molar-refractivity contribution in [3.63, 3.8) is 0 Å². The van der Waals surface area contributed by atoms with E-state index >= 15 is 0 Å². The SMILES string of the molecule is CC(C)OC1CCC=CCCC1. The van der Waals surface area contributed by atoms with Gasteiger partial charge in [-0.25, -0.2) is 0 Å². The van der Waals surface area contributed by atoms with E-state index in [1.165, 1.54) is 32.1 Å². The Morgan fingerprint density at radius 1 is 1.17 bits per heavy atom. The van der Waals surface area contributed by atoms with Crippen molar-refractivity contribution in [3.8, 4) is 0 Å². The van der Waals surface area contributed by atoms with Crippen molar-refractivity contribution in [2.24, 2.45) is 0 Å². The first kappa shape index (κ1) is 9.79. The molecule has 0 spiro atoms. The van der Waals surface area contributed by atoms with Crippen LogP contribution in [-0.4, -0.2) is 12.2 Å². The third-order valence-electron chi connectivity index (χ3n) is 2.18. The van der Waals surface area contributed by atoms with Gasteiger partial charge in [0.1, 0.15) is 0 Å². The first-order chi connectivity index (χ1) is 5.79. The summed E-state index contributed by atoms with van der Waals surface area (Å²) in [6.45, 7) is 4.24. The fraction of sp³-hybridized carbons (Fsp3) is 0.818. The summed E-state index contributed by atoms with van der Waals surface area (Å²) in [6.07, 6.45) is 11.6. The molecule has 0 fully saturated rings. The van der Waals surface area contributed by atoms with E-state index in [-0.39, 0.29) is 0 Å². The Bertz CT molecular complexity index is 138. The molecule has 0 aromatic rings. The van der Waals surface area contributed by atoms with Crippen LogP contribution < -0.4 is 0 Å². The Morgan fingerprint density at radius 2 is 1.92 bits per heavy atom. The van der Waals surface area contributed by atoms with Gasteiger partial charge in [-0.05, 0) is 46.0 Å². The van der Waals surface area contributed by atoms with Crippen LogP contribution in [0.1, 0.15) is 46.0 Å². The van der Waals surface area contributed by atoms with Crippen molar-refractivity contribution >= 4 is 0 Å². The van der Waals surface area contributed by atoms with Crippen molar-refractivity contribution in [1.29, 1.82) is 0 Å². The van der Waals surface area contributed by atoms with Gasteiger partial charge in [0.05, 0.1) is 12.2 Å². The second-order valence-electron chi connectivity index (χ2n) is 3.79. The molecule has 0 aromatic carbocycles. The Labute approximate surface area is 75.8 Å². The topological polar surface area (TPSA) is 9.23 Å². The van der Waals surface area contributed by atoms with Crippen LogP contribution in [0.25, 0.3) is 0 Å². The molecule has 0 heterocycles. The van der Waals surface area contributed by atoms with E-state index in [0.29, 0.717) is 12.2 Å². The maximum Gasteiger partial charge on any atom is 0.0581 e. The van der Waals surface area contributed by atoms with Gasteiger partial charge in [-0.3, -0.25) is 0 Å². The van der Waals surface area contributed by atoms with Crippen molar-refractivity contribution in [2.45, 2.75) is 58.2 Å². The van der Waals surface area contributed by atoms with Gasteiger partial charge in [0.2, 0.25) is 0 Å². The van der Waals surface area contributed by atoms with Gasteiger partial charge < -0.3 is 4.74 Å². The van der Waals surface area contributed by atoms with Crippen LogP contribution in [-0.2, 0) is 4.74 Å². The Morgan fingerprint density at radius 3 is 2.67 bits per heavy atom. The second kappa shape index (κ2) is 5.36. The summed E-state index contributed by atoms with van der Waals surface area (Å²) in [5.74, 6) is 0. The minimum Gasteiger partial charge on any atom is -0.376 e. The summed E-state index contributed by atoms with van der Waals surface area (Å²) >= 11 is 0. The fourth-order valence-electron chi connectivity index (χ4n) is 1.65. The first-order valence-corrected chi connectivity index (χ1v) is 5.09. The molecule has 0 aromatic heterocycles. The summed E-state index contributed by atoms with van der Waals surface area (Å²) in [5.41, 5.74) is 0. The minimum absolute atomic E-state index is 0.387. The molecule has 1 aliphatic rings. The summed E-state index contributed by atoms with van der Waals surface area (Å²) in [5, 5.41) is 0. The van der Waals surface area contributed by atoms with Gasteiger partial charge in [-0.15, -0.1) is 0 Å². The number of rotatable bonds is 2. The highest BCUT2D eigenvalue weighted by Crippen LogP contribution is 2.16. The Kier molecular flexibility index (Phi) is 4.37. The average molecular weight is 168 g/mol. The van der Waals surface area contributed by atoms with E-state index in [4.69, 9.17) is 4.74 Å². The molecule has 1 atom stereocenters. The molecule has 1 nitrogen and oxygen atoms in total. The molecule has 0 radical (unpaired) electrons. The highest BCUT2D eigenvalue weighted by atomic mass is 16.5. The van der Waals surface area contributed by atoms with E-state index < -0.39 is 0 Å². The minimum atomic E-state index is 0.387. The summed E-state index contributed by atoms with van der Waals surface area (Å²) in [6, 6.07) is 0. The number of ether oxygens (including phenoxy) is 1. The van der Waals surface area contributed by atoms with Gasteiger partial charge in [0.25, 0.3) is 0 Å². The third-order valence-corrected chi connectivity index (χ3v) is 2.18. The van der Waals surface area contributed by atoms with Crippen molar-refractivity contribution in [2.75, 3.05) is 0 Å². The third kappa shape index (κ3) is 3.91. The zero-order chi connectivity index (χ0) is 8.81. The molecule has 1 aliphatic carbocycles. The van der Waals surface area contributed by atoms with E-state index in [0.717, 1.165) is 0 Å². The molecule has 0 bridgehead atoms. The van der Waals surface area contributed by atoms with Gasteiger partial charge in [0, 0.05) is 0 Å². The monoisotopic (exact) mass is 168 g/mol. The lowest BCUT2D eigenvalue weighted by Gasteiger charge is -2.20. The summed E-state index contributed by atoms with van der Waals surface area (Å²) < 4.78 is 5.79. The first-order valence-electron chi connectivity index (χ1n) is 5.09. The molecular formula is C11H20O. The molecule has 1 heteroatoms. The molecule has 12 heavy (non-hydrogen) atoms. The molecule has 0 saturated heterocycles. The fourth-order valence-corrected chi connectivity index (χ4v) is 1.65. The van der Waals surface area contributed by atoms with Crippen LogP contribution in [0.5, 0.6) is 0 Å². The van der Waals surface area contributed by atoms with E-state index in [1.54, 1.807) is 0 Å². The van der Waals surface area contributed by atoms with Crippen LogP contribution in [0.15, 0.2) is 12.2 Å². The lowest BCUT2D eigenvalue weighted by atomic mass is 10.0. The van der Waals surface area contributed by atoms with E-state index in [2.05, 4.69) is 26.0 Å². The predicted molar refractivity (Wildman–Crippen MR) is 52.2 cm³/mol. The molecule has 0 amide bonds. The molecule has 1 rings (SSSR count). The predicted octanol–water partition coefficient (Wildman–Crippen LogP) is 3.30.